The highest BCUT2D eigenvalue weighted by Gasteiger charge is 2.18. The minimum Gasteiger partial charge on any atom is -0.487 e. The average Bonchev–Trinajstić information content (AvgIpc) is 3.26. The van der Waals surface area contributed by atoms with Crippen molar-refractivity contribution >= 4 is 22.7 Å². The van der Waals surface area contributed by atoms with Gasteiger partial charge in [-0.15, -0.1) is 0 Å². The molecule has 0 atom stereocenters. The smallest absolute Gasteiger partial charge is 0.310 e. The zero-order valence-electron chi connectivity index (χ0n) is 20.9. The van der Waals surface area contributed by atoms with Gasteiger partial charge in [0, 0.05) is 22.6 Å². The molecular weight excluding hydrogens is 475 g/mol. The molecule has 0 aliphatic carbocycles. The van der Waals surface area contributed by atoms with E-state index < -0.39 is 11.7 Å². The number of carbonyl (C=O) groups is 1. The van der Waals surface area contributed by atoms with Crippen LogP contribution in [0.15, 0.2) is 60.7 Å². The molecule has 0 spiro atoms. The van der Waals surface area contributed by atoms with Crippen molar-refractivity contribution in [3.05, 3.63) is 83.3 Å². The van der Waals surface area contributed by atoms with Gasteiger partial charge < -0.3 is 9.47 Å². The van der Waals surface area contributed by atoms with Crippen molar-refractivity contribution in [2.75, 3.05) is 6.61 Å². The second-order valence-electron chi connectivity index (χ2n) is 8.75. The number of hydrogen-bond acceptors (Lipinski definition) is 6. The van der Waals surface area contributed by atoms with E-state index in [-0.39, 0.29) is 30.6 Å². The number of amidine groups is 1. The molecule has 1 heterocycles. The summed E-state index contributed by atoms with van der Waals surface area (Å²) in [6, 6.07) is 17.6. The monoisotopic (exact) mass is 504 g/mol. The lowest BCUT2D eigenvalue weighted by Crippen LogP contribution is -2.20. The maximum Gasteiger partial charge on any atom is 0.310 e. The molecule has 0 amide bonds. The Bertz CT molecular complexity index is 1450. The van der Waals surface area contributed by atoms with Crippen LogP contribution in [0.1, 0.15) is 43.6 Å². The standard InChI is InChI=1S/C28H29FN4O4/c1-4-36-26(34)15-19-8-5-6-11-25(19)37-16-23-22-14-18(12-13-24(22)33(31-23)17(2)3)20-9-7-10-21(27(20)29)28(30)32-35/h5-14,17,35H,4,15-16H2,1-3H3,(H2,30,32). The van der Waals surface area contributed by atoms with Crippen LogP contribution < -0.4 is 10.2 Å². The minimum absolute atomic E-state index is 0.0419. The van der Waals surface area contributed by atoms with E-state index in [4.69, 9.17) is 25.2 Å². The van der Waals surface area contributed by atoms with Crippen LogP contribution >= 0.6 is 0 Å². The molecule has 0 unspecified atom stereocenters. The number of aromatic nitrogens is 2. The first-order valence-electron chi connectivity index (χ1n) is 12.0. The molecule has 0 saturated heterocycles. The molecule has 37 heavy (non-hydrogen) atoms. The summed E-state index contributed by atoms with van der Waals surface area (Å²) in [5, 5.41) is 22.4. The van der Waals surface area contributed by atoms with Crippen molar-refractivity contribution < 1.29 is 23.9 Å². The summed E-state index contributed by atoms with van der Waals surface area (Å²) < 4.78 is 28.3. The molecule has 3 N–H and O–H groups in total. The summed E-state index contributed by atoms with van der Waals surface area (Å²) in [5.74, 6) is -0.807. The third-order valence-corrected chi connectivity index (χ3v) is 5.94. The van der Waals surface area contributed by atoms with Gasteiger partial charge >= 0.3 is 5.97 Å². The number of nitrogens with zero attached hydrogens (tertiary/aromatic N) is 2. The van der Waals surface area contributed by atoms with E-state index in [2.05, 4.69) is 0 Å². The molecule has 3 aromatic carbocycles. The first kappa shape index (κ1) is 25.8. The molecule has 0 saturated carbocycles. The van der Waals surface area contributed by atoms with Crippen LogP contribution in [-0.2, 0) is 22.6 Å². The fraction of sp³-hybridized carbons (Fsp3) is 0.250. The molecule has 0 aliphatic rings. The van der Waals surface area contributed by atoms with Gasteiger partial charge in [-0.25, -0.2) is 4.39 Å². The summed E-state index contributed by atoms with van der Waals surface area (Å²) in [4.78, 5) is 12.0. The van der Waals surface area contributed by atoms with Crippen LogP contribution in [-0.4, -0.2) is 33.4 Å². The highest BCUT2D eigenvalue weighted by molar-refractivity contribution is 5.97. The minimum atomic E-state index is -0.615. The number of benzene rings is 3. The van der Waals surface area contributed by atoms with Gasteiger partial charge in [0.1, 0.15) is 23.9 Å². The SMILES string of the molecule is CCOC(=O)Cc1ccccc1OCc1nn(C(C)C)c2ccc(-c3cccc(C(=N)NO)c3F)cc12. The van der Waals surface area contributed by atoms with Crippen molar-refractivity contribution in [1.82, 2.24) is 15.3 Å². The second-order valence-corrected chi connectivity index (χ2v) is 8.75. The number of halogens is 1. The van der Waals surface area contributed by atoms with Crippen LogP contribution in [0.25, 0.3) is 22.0 Å². The Morgan fingerprint density at radius 2 is 1.95 bits per heavy atom. The van der Waals surface area contributed by atoms with E-state index in [1.165, 1.54) is 6.07 Å². The number of fused-ring (bicyclic) bond motifs is 1. The van der Waals surface area contributed by atoms with Gasteiger partial charge in [-0.1, -0.05) is 36.4 Å². The number of hydrogen-bond donors (Lipinski definition) is 3. The number of carbonyl (C=O) groups excluding carboxylic acids is 1. The molecule has 9 heteroatoms. The largest absolute Gasteiger partial charge is 0.487 e. The molecule has 1 aromatic heterocycles. The van der Waals surface area contributed by atoms with Gasteiger partial charge in [-0.2, -0.15) is 5.10 Å². The lowest BCUT2D eigenvalue weighted by Gasteiger charge is -2.11. The number of para-hydroxylation sites is 1. The van der Waals surface area contributed by atoms with Crippen LogP contribution in [0, 0.1) is 11.2 Å². The van der Waals surface area contributed by atoms with Gasteiger partial charge in [0.2, 0.25) is 0 Å². The fourth-order valence-corrected chi connectivity index (χ4v) is 4.19. The highest BCUT2D eigenvalue weighted by Crippen LogP contribution is 2.31. The molecule has 4 rings (SSSR count). The van der Waals surface area contributed by atoms with Crippen molar-refractivity contribution in [2.45, 2.75) is 39.8 Å². The molecule has 0 aliphatic heterocycles. The van der Waals surface area contributed by atoms with Gasteiger partial charge in [0.25, 0.3) is 0 Å². The second kappa shape index (κ2) is 11.2. The normalized spacial score (nSPS) is 11.1. The topological polar surface area (TPSA) is 109 Å². The van der Waals surface area contributed by atoms with Crippen molar-refractivity contribution in [3.63, 3.8) is 0 Å². The summed E-state index contributed by atoms with van der Waals surface area (Å²) in [7, 11) is 0. The van der Waals surface area contributed by atoms with E-state index >= 15 is 4.39 Å². The molecule has 0 bridgehead atoms. The number of rotatable bonds is 9. The number of nitrogens with one attached hydrogen (secondary N) is 2. The predicted octanol–water partition coefficient (Wildman–Crippen LogP) is 5.41. The Balaban J connectivity index is 1.71. The number of ether oxygens (including phenoxy) is 2. The first-order valence-corrected chi connectivity index (χ1v) is 12.0. The average molecular weight is 505 g/mol. The Labute approximate surface area is 214 Å². The summed E-state index contributed by atoms with van der Waals surface area (Å²) >= 11 is 0. The molecule has 0 radical (unpaired) electrons. The van der Waals surface area contributed by atoms with E-state index in [0.717, 1.165) is 10.9 Å². The Hall–Kier alpha value is -4.24. The third kappa shape index (κ3) is 5.46. The summed E-state index contributed by atoms with van der Waals surface area (Å²) in [5.41, 5.74) is 4.80. The summed E-state index contributed by atoms with van der Waals surface area (Å²) in [6.45, 7) is 6.26. The maximum atomic E-state index is 15.2. The highest BCUT2D eigenvalue weighted by atomic mass is 19.1. The third-order valence-electron chi connectivity index (χ3n) is 5.94. The Morgan fingerprint density at radius 3 is 2.68 bits per heavy atom. The number of hydroxylamine groups is 1. The van der Waals surface area contributed by atoms with Crippen molar-refractivity contribution in [1.29, 1.82) is 5.41 Å². The van der Waals surface area contributed by atoms with Crippen LogP contribution in [0.2, 0.25) is 0 Å². The molecule has 192 valence electrons. The predicted molar refractivity (Wildman–Crippen MR) is 138 cm³/mol. The fourth-order valence-electron chi connectivity index (χ4n) is 4.19. The zero-order chi connectivity index (χ0) is 26.5. The van der Waals surface area contributed by atoms with Gasteiger partial charge in [-0.05, 0) is 50.6 Å². The van der Waals surface area contributed by atoms with Gasteiger partial charge in [0.05, 0.1) is 24.1 Å². The summed E-state index contributed by atoms with van der Waals surface area (Å²) in [6.07, 6.45) is 0.0999. The Kier molecular flexibility index (Phi) is 7.83. The van der Waals surface area contributed by atoms with Crippen LogP contribution in [0.3, 0.4) is 0 Å². The maximum absolute atomic E-state index is 15.2. The lowest BCUT2D eigenvalue weighted by molar-refractivity contribution is -0.142. The number of esters is 1. The van der Waals surface area contributed by atoms with E-state index in [1.807, 2.05) is 48.9 Å². The quantitative estimate of drug-likeness (QED) is 0.122. The molecular formula is C28H29FN4O4. The van der Waals surface area contributed by atoms with Crippen LogP contribution in [0.4, 0.5) is 4.39 Å². The molecule has 8 nitrogen and oxygen atoms in total. The van der Waals surface area contributed by atoms with Crippen molar-refractivity contribution in [3.8, 4) is 16.9 Å². The van der Waals surface area contributed by atoms with Crippen LogP contribution in [0.5, 0.6) is 5.75 Å². The van der Waals surface area contributed by atoms with E-state index in [9.17, 15) is 4.79 Å². The molecule has 0 fully saturated rings. The molecule has 4 aromatic rings. The lowest BCUT2D eigenvalue weighted by atomic mass is 9.99. The van der Waals surface area contributed by atoms with Gasteiger partial charge in [-0.3, -0.25) is 25.6 Å². The van der Waals surface area contributed by atoms with Crippen molar-refractivity contribution in [2.24, 2.45) is 0 Å². The van der Waals surface area contributed by atoms with E-state index in [1.54, 1.807) is 36.7 Å². The Morgan fingerprint density at radius 1 is 1.16 bits per heavy atom. The van der Waals surface area contributed by atoms with E-state index in [0.29, 0.717) is 34.7 Å². The first-order chi connectivity index (χ1) is 17.8. The zero-order valence-corrected chi connectivity index (χ0v) is 20.9. The van der Waals surface area contributed by atoms with Gasteiger partial charge in [0.15, 0.2) is 5.84 Å².